The second kappa shape index (κ2) is 6.39. The van der Waals surface area contributed by atoms with Crippen molar-refractivity contribution in [2.75, 3.05) is 19.5 Å². The largest absolute Gasteiger partial charge is 0.493 e. The molecule has 23 heavy (non-hydrogen) atoms. The minimum Gasteiger partial charge on any atom is -0.493 e. The first-order valence-electron chi connectivity index (χ1n) is 6.58. The lowest BCUT2D eigenvalue weighted by Crippen LogP contribution is -2.13. The highest BCUT2D eigenvalue weighted by Gasteiger charge is 2.15. The Morgan fingerprint density at radius 1 is 1.13 bits per heavy atom. The molecule has 6 nitrogen and oxygen atoms in total. The van der Waals surface area contributed by atoms with E-state index in [1.54, 1.807) is 30.3 Å². The molecule has 0 fully saturated rings. The molecule has 3 aromatic rings. The van der Waals surface area contributed by atoms with Gasteiger partial charge in [-0.15, -0.1) is 0 Å². The minimum atomic E-state index is -0.326. The minimum absolute atomic E-state index is 0.326. The summed E-state index contributed by atoms with van der Waals surface area (Å²) in [5.41, 5.74) is 2.11. The fourth-order valence-corrected chi connectivity index (χ4v) is 2.85. The summed E-state index contributed by atoms with van der Waals surface area (Å²) in [6.07, 6.45) is 0. The van der Waals surface area contributed by atoms with E-state index in [2.05, 4.69) is 14.1 Å². The standard InChI is InChI=1S/C15H12ClN3O3S/c1-21-11-6-3-8(7-12(11)22-2)15(20)17-13-9(16)4-5-10-14(13)19-23-18-10/h3-7H,1-2H3,(H,17,20). The molecule has 0 saturated carbocycles. The molecule has 1 heterocycles. The second-order valence-corrected chi connectivity index (χ2v) is 5.51. The zero-order valence-corrected chi connectivity index (χ0v) is 13.9. The maximum absolute atomic E-state index is 12.5. The number of aromatic nitrogens is 2. The van der Waals surface area contributed by atoms with Gasteiger partial charge in [-0.2, -0.15) is 8.75 Å². The average Bonchev–Trinajstić information content (AvgIpc) is 3.05. The Morgan fingerprint density at radius 2 is 1.91 bits per heavy atom. The van der Waals surface area contributed by atoms with Crippen molar-refractivity contribution in [1.82, 2.24) is 8.75 Å². The molecule has 1 N–H and O–H groups in total. The molecule has 8 heteroatoms. The molecular weight excluding hydrogens is 338 g/mol. The molecule has 0 atom stereocenters. The van der Waals surface area contributed by atoms with Crippen molar-refractivity contribution in [3.8, 4) is 11.5 Å². The van der Waals surface area contributed by atoms with Gasteiger partial charge >= 0.3 is 0 Å². The van der Waals surface area contributed by atoms with Gasteiger partial charge in [0.1, 0.15) is 11.0 Å². The number of ether oxygens (including phenoxy) is 2. The van der Waals surface area contributed by atoms with E-state index in [0.29, 0.717) is 38.8 Å². The average molecular weight is 350 g/mol. The Labute approximate surface area is 141 Å². The lowest BCUT2D eigenvalue weighted by atomic mass is 10.1. The Kier molecular flexibility index (Phi) is 4.31. The number of nitrogens with zero attached hydrogens (tertiary/aromatic N) is 2. The summed E-state index contributed by atoms with van der Waals surface area (Å²) in [7, 11) is 3.05. The fraction of sp³-hybridized carbons (Fsp3) is 0.133. The Bertz CT molecular complexity index is 882. The van der Waals surface area contributed by atoms with Gasteiger partial charge in [-0.1, -0.05) is 11.6 Å². The molecule has 0 bridgehead atoms. The van der Waals surface area contributed by atoms with Gasteiger partial charge in [-0.3, -0.25) is 4.79 Å². The van der Waals surface area contributed by atoms with E-state index in [9.17, 15) is 4.79 Å². The van der Waals surface area contributed by atoms with Crippen LogP contribution in [0.3, 0.4) is 0 Å². The highest BCUT2D eigenvalue weighted by molar-refractivity contribution is 7.00. The van der Waals surface area contributed by atoms with Gasteiger partial charge in [0.05, 0.1) is 36.7 Å². The lowest BCUT2D eigenvalue weighted by Gasteiger charge is -2.11. The number of nitrogens with one attached hydrogen (secondary N) is 1. The summed E-state index contributed by atoms with van der Waals surface area (Å²) < 4.78 is 18.7. The molecule has 0 aliphatic rings. The van der Waals surface area contributed by atoms with Crippen LogP contribution >= 0.6 is 23.3 Å². The lowest BCUT2D eigenvalue weighted by molar-refractivity contribution is 0.102. The first-order valence-corrected chi connectivity index (χ1v) is 7.69. The molecule has 2 aromatic carbocycles. The molecule has 3 rings (SSSR count). The second-order valence-electron chi connectivity index (χ2n) is 4.58. The van der Waals surface area contributed by atoms with Crippen molar-refractivity contribution >= 4 is 46.0 Å². The number of halogens is 1. The maximum Gasteiger partial charge on any atom is 0.255 e. The van der Waals surface area contributed by atoms with E-state index in [1.807, 2.05) is 0 Å². The SMILES string of the molecule is COc1ccc(C(=O)Nc2c(Cl)ccc3nsnc23)cc1OC. The summed E-state index contributed by atoms with van der Waals surface area (Å²) in [5, 5.41) is 3.18. The zero-order valence-electron chi connectivity index (χ0n) is 12.3. The van der Waals surface area contributed by atoms with Crippen LogP contribution in [-0.4, -0.2) is 28.9 Å². The molecule has 0 spiro atoms. The van der Waals surface area contributed by atoms with E-state index in [4.69, 9.17) is 21.1 Å². The van der Waals surface area contributed by atoms with Crippen LogP contribution in [0.1, 0.15) is 10.4 Å². The third kappa shape index (κ3) is 2.93. The topological polar surface area (TPSA) is 73.3 Å². The van der Waals surface area contributed by atoms with Crippen LogP contribution in [0, 0.1) is 0 Å². The monoisotopic (exact) mass is 349 g/mol. The summed E-state index contributed by atoms with van der Waals surface area (Å²) >= 11 is 7.24. The van der Waals surface area contributed by atoms with Crippen LogP contribution in [0.25, 0.3) is 11.0 Å². The highest BCUT2D eigenvalue weighted by Crippen LogP contribution is 2.31. The van der Waals surface area contributed by atoms with Crippen LogP contribution in [0.2, 0.25) is 5.02 Å². The van der Waals surface area contributed by atoms with Gasteiger partial charge in [0.2, 0.25) is 0 Å². The molecule has 118 valence electrons. The summed E-state index contributed by atoms with van der Waals surface area (Å²) in [5.74, 6) is 0.695. The Hall–Kier alpha value is -2.38. The van der Waals surface area contributed by atoms with Crippen LogP contribution in [-0.2, 0) is 0 Å². The quantitative estimate of drug-likeness (QED) is 0.778. The molecule has 0 aliphatic carbocycles. The van der Waals surface area contributed by atoms with E-state index >= 15 is 0 Å². The van der Waals surface area contributed by atoms with E-state index in [-0.39, 0.29) is 5.91 Å². The summed E-state index contributed by atoms with van der Waals surface area (Å²) in [4.78, 5) is 12.5. The first-order chi connectivity index (χ1) is 11.1. The van der Waals surface area contributed by atoms with Crippen LogP contribution < -0.4 is 14.8 Å². The third-order valence-corrected chi connectivity index (χ3v) is 4.12. The number of anilines is 1. The van der Waals surface area contributed by atoms with Crippen LogP contribution in [0.4, 0.5) is 5.69 Å². The molecule has 1 aromatic heterocycles. The molecule has 0 unspecified atom stereocenters. The van der Waals surface area contributed by atoms with Gasteiger partial charge in [0.25, 0.3) is 5.91 Å². The molecule has 0 radical (unpaired) electrons. The van der Waals surface area contributed by atoms with Crippen molar-refractivity contribution in [3.63, 3.8) is 0 Å². The van der Waals surface area contributed by atoms with E-state index < -0.39 is 0 Å². The normalized spacial score (nSPS) is 10.6. The summed E-state index contributed by atoms with van der Waals surface area (Å²) in [6, 6.07) is 8.34. The predicted octanol–water partition coefficient (Wildman–Crippen LogP) is 3.61. The van der Waals surface area contributed by atoms with Gasteiger partial charge in [0.15, 0.2) is 11.5 Å². The van der Waals surface area contributed by atoms with Crippen molar-refractivity contribution in [1.29, 1.82) is 0 Å². The van der Waals surface area contributed by atoms with Gasteiger partial charge in [0, 0.05) is 5.56 Å². The third-order valence-electron chi connectivity index (χ3n) is 3.26. The zero-order chi connectivity index (χ0) is 16.4. The van der Waals surface area contributed by atoms with Gasteiger partial charge < -0.3 is 14.8 Å². The number of carbonyl (C=O) groups excluding carboxylic acids is 1. The van der Waals surface area contributed by atoms with Crippen LogP contribution in [0.15, 0.2) is 30.3 Å². The van der Waals surface area contributed by atoms with E-state index in [0.717, 1.165) is 11.7 Å². The fourth-order valence-electron chi connectivity index (χ4n) is 2.11. The van der Waals surface area contributed by atoms with Crippen molar-refractivity contribution in [3.05, 3.63) is 40.9 Å². The Morgan fingerprint density at radius 3 is 2.65 bits per heavy atom. The smallest absolute Gasteiger partial charge is 0.255 e. The van der Waals surface area contributed by atoms with Crippen molar-refractivity contribution in [2.24, 2.45) is 0 Å². The number of fused-ring (bicyclic) bond motifs is 1. The van der Waals surface area contributed by atoms with Crippen molar-refractivity contribution in [2.45, 2.75) is 0 Å². The highest BCUT2D eigenvalue weighted by atomic mass is 35.5. The Balaban J connectivity index is 1.95. The van der Waals surface area contributed by atoms with Gasteiger partial charge in [-0.05, 0) is 30.3 Å². The molecule has 0 aliphatic heterocycles. The molecular formula is C15H12ClN3O3S. The number of hydrogen-bond acceptors (Lipinski definition) is 6. The summed E-state index contributed by atoms with van der Waals surface area (Å²) in [6.45, 7) is 0. The molecule has 0 saturated heterocycles. The number of benzene rings is 2. The number of rotatable bonds is 4. The predicted molar refractivity (Wildman–Crippen MR) is 89.9 cm³/mol. The number of amides is 1. The van der Waals surface area contributed by atoms with Crippen molar-refractivity contribution < 1.29 is 14.3 Å². The number of methoxy groups -OCH3 is 2. The number of carbonyl (C=O) groups is 1. The maximum atomic E-state index is 12.5. The van der Waals surface area contributed by atoms with Gasteiger partial charge in [-0.25, -0.2) is 0 Å². The number of hydrogen-bond donors (Lipinski definition) is 1. The first kappa shape index (κ1) is 15.5. The van der Waals surface area contributed by atoms with E-state index in [1.165, 1.54) is 14.2 Å². The molecule has 1 amide bonds. The van der Waals surface area contributed by atoms with Crippen LogP contribution in [0.5, 0.6) is 11.5 Å².